The van der Waals surface area contributed by atoms with E-state index >= 15 is 0 Å². The van der Waals surface area contributed by atoms with Crippen LogP contribution in [0.25, 0.3) is 5.69 Å². The van der Waals surface area contributed by atoms with Crippen molar-refractivity contribution in [3.63, 3.8) is 0 Å². The Hall–Kier alpha value is -3.55. The highest BCUT2D eigenvalue weighted by molar-refractivity contribution is 5.92. The van der Waals surface area contributed by atoms with E-state index in [2.05, 4.69) is 15.6 Å². The molecular formula is C24H26FN5O2. The van der Waals surface area contributed by atoms with Crippen molar-refractivity contribution in [3.05, 3.63) is 76.9 Å². The highest BCUT2D eigenvalue weighted by Gasteiger charge is 2.26. The molecule has 2 aromatic carbocycles. The van der Waals surface area contributed by atoms with E-state index in [1.807, 2.05) is 32.0 Å². The molecule has 0 saturated carbocycles. The van der Waals surface area contributed by atoms with Crippen molar-refractivity contribution in [2.24, 2.45) is 0 Å². The maximum absolute atomic E-state index is 13.0. The summed E-state index contributed by atoms with van der Waals surface area (Å²) in [6.07, 6.45) is 3.21. The lowest BCUT2D eigenvalue weighted by Gasteiger charge is -2.32. The monoisotopic (exact) mass is 435 g/mol. The maximum atomic E-state index is 13.0. The first-order valence-electron chi connectivity index (χ1n) is 10.7. The molecular weight excluding hydrogens is 409 g/mol. The molecule has 1 aromatic heterocycles. The number of nitrogens with one attached hydrogen (secondary N) is 1. The largest absolute Gasteiger partial charge is 0.353 e. The van der Waals surface area contributed by atoms with Gasteiger partial charge in [0.2, 0.25) is 5.91 Å². The second-order valence-corrected chi connectivity index (χ2v) is 8.25. The Balaban J connectivity index is 1.30. The lowest BCUT2D eigenvalue weighted by Crippen LogP contribution is -2.47. The summed E-state index contributed by atoms with van der Waals surface area (Å²) in [4.78, 5) is 26.9. The van der Waals surface area contributed by atoms with Crippen molar-refractivity contribution in [3.8, 4) is 5.69 Å². The Morgan fingerprint density at radius 1 is 1.06 bits per heavy atom. The fraction of sp³-hybridized carbons (Fsp3) is 0.333. The van der Waals surface area contributed by atoms with E-state index in [4.69, 9.17) is 0 Å². The molecule has 0 spiro atoms. The lowest BCUT2D eigenvalue weighted by molar-refractivity contribution is -0.121. The number of aromatic nitrogens is 3. The van der Waals surface area contributed by atoms with Crippen LogP contribution in [0.1, 0.15) is 40.0 Å². The predicted octanol–water partition coefficient (Wildman–Crippen LogP) is 2.99. The first-order valence-corrected chi connectivity index (χ1v) is 10.7. The van der Waals surface area contributed by atoms with Gasteiger partial charge >= 0.3 is 0 Å². The van der Waals surface area contributed by atoms with Gasteiger partial charge in [-0.2, -0.15) is 0 Å². The minimum atomic E-state index is -0.319. The molecule has 0 aliphatic carbocycles. The molecule has 0 bridgehead atoms. The van der Waals surface area contributed by atoms with Gasteiger partial charge in [-0.05, 0) is 67.6 Å². The van der Waals surface area contributed by atoms with Crippen molar-refractivity contribution in [1.82, 2.24) is 25.2 Å². The normalized spacial score (nSPS) is 14.4. The minimum absolute atomic E-state index is 0.0122. The van der Waals surface area contributed by atoms with E-state index in [9.17, 15) is 14.0 Å². The molecule has 166 valence electrons. The van der Waals surface area contributed by atoms with E-state index in [-0.39, 0.29) is 30.1 Å². The van der Waals surface area contributed by atoms with Gasteiger partial charge in [-0.3, -0.25) is 9.59 Å². The molecule has 4 rings (SSSR count). The molecule has 32 heavy (non-hydrogen) atoms. The molecule has 1 N–H and O–H groups in total. The van der Waals surface area contributed by atoms with Gasteiger partial charge < -0.3 is 10.2 Å². The maximum Gasteiger partial charge on any atom is 0.276 e. The molecule has 0 radical (unpaired) electrons. The second kappa shape index (κ2) is 9.30. The first kappa shape index (κ1) is 21.7. The number of likely N-dealkylation sites (tertiary alicyclic amines) is 1. The van der Waals surface area contributed by atoms with E-state index < -0.39 is 0 Å². The molecule has 1 aliphatic heterocycles. The molecule has 0 unspecified atom stereocenters. The quantitative estimate of drug-likeness (QED) is 0.668. The van der Waals surface area contributed by atoms with Crippen molar-refractivity contribution < 1.29 is 14.0 Å². The summed E-state index contributed by atoms with van der Waals surface area (Å²) < 4.78 is 14.6. The predicted molar refractivity (Wildman–Crippen MR) is 118 cm³/mol. The molecule has 1 saturated heterocycles. The Morgan fingerprint density at radius 2 is 1.78 bits per heavy atom. The summed E-state index contributed by atoms with van der Waals surface area (Å²) in [7, 11) is 0. The van der Waals surface area contributed by atoms with Gasteiger partial charge in [0.15, 0.2) is 5.69 Å². The SMILES string of the molecule is Cc1ccc(-n2cc(C(=O)N3CCC(NC(=O)Cc4ccc(F)cc4)CC3)nn2)cc1C. The number of benzene rings is 2. The third kappa shape index (κ3) is 5.01. The van der Waals surface area contributed by atoms with Gasteiger partial charge in [0.25, 0.3) is 5.91 Å². The van der Waals surface area contributed by atoms with Gasteiger partial charge in [0, 0.05) is 19.1 Å². The third-order valence-electron chi connectivity index (χ3n) is 5.89. The van der Waals surface area contributed by atoms with Crippen LogP contribution in [0.5, 0.6) is 0 Å². The van der Waals surface area contributed by atoms with Gasteiger partial charge in [0.1, 0.15) is 5.82 Å². The van der Waals surface area contributed by atoms with Gasteiger partial charge in [0.05, 0.1) is 18.3 Å². The fourth-order valence-electron chi connectivity index (χ4n) is 3.81. The van der Waals surface area contributed by atoms with Gasteiger partial charge in [-0.25, -0.2) is 9.07 Å². The first-order chi connectivity index (χ1) is 15.4. The minimum Gasteiger partial charge on any atom is -0.353 e. The van der Waals surface area contributed by atoms with Crippen LogP contribution in [0.3, 0.4) is 0 Å². The number of carbonyl (C=O) groups is 2. The van der Waals surface area contributed by atoms with Crippen molar-refractivity contribution in [2.45, 2.75) is 39.2 Å². The summed E-state index contributed by atoms with van der Waals surface area (Å²) in [6.45, 7) is 5.16. The average Bonchev–Trinajstić information content (AvgIpc) is 3.27. The van der Waals surface area contributed by atoms with Crippen LogP contribution in [0.15, 0.2) is 48.7 Å². The zero-order valence-corrected chi connectivity index (χ0v) is 18.2. The third-order valence-corrected chi connectivity index (χ3v) is 5.89. The topological polar surface area (TPSA) is 80.1 Å². The molecule has 1 fully saturated rings. The van der Waals surface area contributed by atoms with Gasteiger partial charge in [-0.1, -0.05) is 23.4 Å². The summed E-state index contributed by atoms with van der Waals surface area (Å²) in [5.41, 5.74) is 4.28. The summed E-state index contributed by atoms with van der Waals surface area (Å²) in [6, 6.07) is 11.9. The molecule has 1 aliphatic rings. The van der Waals surface area contributed by atoms with E-state index in [1.54, 1.807) is 27.9 Å². The Morgan fingerprint density at radius 3 is 2.47 bits per heavy atom. The number of halogens is 1. The number of hydrogen-bond acceptors (Lipinski definition) is 4. The number of carbonyl (C=O) groups excluding carboxylic acids is 2. The van der Waals surface area contributed by atoms with Crippen molar-refractivity contribution >= 4 is 11.8 Å². The molecule has 2 amide bonds. The second-order valence-electron chi connectivity index (χ2n) is 8.25. The number of hydrogen-bond donors (Lipinski definition) is 1. The van der Waals surface area contributed by atoms with Crippen LogP contribution in [-0.2, 0) is 11.2 Å². The average molecular weight is 436 g/mol. The van der Waals surface area contributed by atoms with Crippen molar-refractivity contribution in [2.75, 3.05) is 13.1 Å². The Labute approximate surface area is 186 Å². The number of amides is 2. The van der Waals surface area contributed by atoms with E-state index in [0.717, 1.165) is 16.8 Å². The van der Waals surface area contributed by atoms with Crippen LogP contribution in [-0.4, -0.2) is 50.8 Å². The summed E-state index contributed by atoms with van der Waals surface area (Å²) in [5.74, 6) is -0.575. The lowest BCUT2D eigenvalue weighted by atomic mass is 10.0. The van der Waals surface area contributed by atoms with Gasteiger partial charge in [-0.15, -0.1) is 5.10 Å². The Bertz CT molecular complexity index is 1120. The molecule has 3 aromatic rings. The standard InChI is InChI=1S/C24H26FN5O2/c1-16-3-8-21(13-17(16)2)30-15-22(27-28-30)24(32)29-11-9-20(10-12-29)26-23(31)14-18-4-6-19(25)7-5-18/h3-8,13,15,20H,9-12,14H2,1-2H3,(H,26,31). The molecule has 0 atom stereocenters. The number of piperidine rings is 1. The Kier molecular flexibility index (Phi) is 6.30. The van der Waals surface area contributed by atoms with Crippen molar-refractivity contribution in [1.29, 1.82) is 0 Å². The van der Waals surface area contributed by atoms with Crippen LogP contribution in [0.2, 0.25) is 0 Å². The smallest absolute Gasteiger partial charge is 0.276 e. The van der Waals surface area contributed by atoms with Crippen LogP contribution in [0, 0.1) is 19.7 Å². The highest BCUT2D eigenvalue weighted by Crippen LogP contribution is 2.16. The van der Waals surface area contributed by atoms with Crippen LogP contribution < -0.4 is 5.32 Å². The zero-order chi connectivity index (χ0) is 22.7. The zero-order valence-electron chi connectivity index (χ0n) is 18.2. The molecule has 7 nitrogen and oxygen atoms in total. The van der Waals surface area contributed by atoms with E-state index in [0.29, 0.717) is 31.6 Å². The van der Waals surface area contributed by atoms with Crippen LogP contribution in [0.4, 0.5) is 4.39 Å². The number of aryl methyl sites for hydroxylation is 2. The molecule has 2 heterocycles. The van der Waals surface area contributed by atoms with Crippen LogP contribution >= 0.6 is 0 Å². The summed E-state index contributed by atoms with van der Waals surface area (Å²) in [5, 5.41) is 11.2. The summed E-state index contributed by atoms with van der Waals surface area (Å²) >= 11 is 0. The number of nitrogens with zero attached hydrogens (tertiary/aromatic N) is 4. The fourth-order valence-corrected chi connectivity index (χ4v) is 3.81. The number of rotatable bonds is 5. The van der Waals surface area contributed by atoms with E-state index in [1.165, 1.54) is 17.7 Å². The highest BCUT2D eigenvalue weighted by atomic mass is 19.1. The molecule has 8 heteroatoms.